The van der Waals surface area contributed by atoms with Crippen molar-refractivity contribution in [3.8, 4) is 0 Å². The fraction of sp³-hybridized carbons (Fsp3) is 0.273. The van der Waals surface area contributed by atoms with Gasteiger partial charge in [0.05, 0.1) is 0 Å². The van der Waals surface area contributed by atoms with Crippen molar-refractivity contribution in [3.63, 3.8) is 0 Å². The van der Waals surface area contributed by atoms with Crippen molar-refractivity contribution in [2.45, 2.75) is 20.8 Å². The zero-order chi connectivity index (χ0) is 12.7. The first kappa shape index (κ1) is 11.7. The van der Waals surface area contributed by atoms with E-state index in [0.717, 1.165) is 16.2 Å². The molecule has 17 heavy (non-hydrogen) atoms. The quantitative estimate of drug-likeness (QED) is 0.590. The first-order chi connectivity index (χ1) is 7.93. The molecule has 0 aliphatic carbocycles. The number of thiazole rings is 1. The molecule has 0 fully saturated rings. The second-order valence-corrected chi connectivity index (χ2v) is 4.60. The maximum Gasteiger partial charge on any atom is 0.263 e. The lowest BCUT2D eigenvalue weighted by Crippen LogP contribution is -2.31. The van der Waals surface area contributed by atoms with Crippen molar-refractivity contribution in [1.29, 1.82) is 0 Å². The predicted octanol–water partition coefficient (Wildman–Crippen LogP) is 1.56. The van der Waals surface area contributed by atoms with Gasteiger partial charge >= 0.3 is 0 Å². The van der Waals surface area contributed by atoms with Crippen LogP contribution in [0.4, 0.5) is 5.13 Å². The molecule has 0 unspecified atom stereocenters. The van der Waals surface area contributed by atoms with E-state index in [9.17, 15) is 14.4 Å². The number of rotatable bonds is 2. The molecule has 2 rings (SSSR count). The molecule has 0 radical (unpaired) electrons. The van der Waals surface area contributed by atoms with Crippen LogP contribution in [0.15, 0.2) is 16.5 Å². The first-order valence-electron chi connectivity index (χ1n) is 4.96. The smallest absolute Gasteiger partial charge is 0.263 e. The number of hydrogen-bond donors (Lipinski definition) is 0. The molecule has 1 aliphatic heterocycles. The van der Waals surface area contributed by atoms with Gasteiger partial charge in [0.1, 0.15) is 5.69 Å². The van der Waals surface area contributed by atoms with Crippen molar-refractivity contribution in [2.24, 2.45) is 0 Å². The van der Waals surface area contributed by atoms with E-state index in [1.165, 1.54) is 6.92 Å². The molecule has 1 aromatic heterocycles. The van der Waals surface area contributed by atoms with Gasteiger partial charge in [0.15, 0.2) is 10.9 Å². The highest BCUT2D eigenvalue weighted by atomic mass is 32.1. The molecule has 0 atom stereocenters. The zero-order valence-corrected chi connectivity index (χ0v) is 10.4. The molecule has 1 aliphatic rings. The Morgan fingerprint density at radius 3 is 2.18 bits per heavy atom. The van der Waals surface area contributed by atoms with E-state index >= 15 is 0 Å². The average molecular weight is 250 g/mol. The number of nitrogens with zero attached hydrogens (tertiary/aromatic N) is 2. The summed E-state index contributed by atoms with van der Waals surface area (Å²) in [7, 11) is 0. The number of anilines is 1. The monoisotopic (exact) mass is 250 g/mol. The third-order valence-corrected chi connectivity index (χ3v) is 3.48. The van der Waals surface area contributed by atoms with Crippen molar-refractivity contribution in [1.82, 2.24) is 4.98 Å². The van der Waals surface area contributed by atoms with E-state index in [-0.39, 0.29) is 28.4 Å². The molecular weight excluding hydrogens is 240 g/mol. The summed E-state index contributed by atoms with van der Waals surface area (Å²) in [4.78, 5) is 39.8. The summed E-state index contributed by atoms with van der Waals surface area (Å²) in [5, 5.41) is 1.79. The van der Waals surface area contributed by atoms with Gasteiger partial charge in [-0.15, -0.1) is 11.3 Å². The SMILES string of the molecule is CC(=O)c1csc(N2C(=O)C(C)=C(C)C2=O)n1. The minimum absolute atomic E-state index is 0.187. The van der Waals surface area contributed by atoms with Crippen LogP contribution in [0, 0.1) is 0 Å². The van der Waals surface area contributed by atoms with Crippen LogP contribution in [0.5, 0.6) is 0 Å². The van der Waals surface area contributed by atoms with Crippen LogP contribution < -0.4 is 4.90 Å². The van der Waals surface area contributed by atoms with Gasteiger partial charge < -0.3 is 0 Å². The summed E-state index contributed by atoms with van der Waals surface area (Å²) in [6.07, 6.45) is 0. The summed E-state index contributed by atoms with van der Waals surface area (Å²) in [5.74, 6) is -0.915. The summed E-state index contributed by atoms with van der Waals surface area (Å²) < 4.78 is 0. The van der Waals surface area contributed by atoms with Crippen LogP contribution in [0.1, 0.15) is 31.3 Å². The maximum absolute atomic E-state index is 11.8. The zero-order valence-electron chi connectivity index (χ0n) is 9.60. The molecule has 0 aromatic carbocycles. The molecule has 2 heterocycles. The van der Waals surface area contributed by atoms with Crippen LogP contribution in [0.25, 0.3) is 0 Å². The second kappa shape index (κ2) is 3.89. The highest BCUT2D eigenvalue weighted by Gasteiger charge is 2.36. The van der Waals surface area contributed by atoms with Crippen LogP contribution in [-0.4, -0.2) is 22.6 Å². The third kappa shape index (κ3) is 1.70. The standard InChI is InChI=1S/C11H10N2O3S/c1-5-6(2)10(16)13(9(5)15)11-12-8(4-17-11)7(3)14/h4H,1-3H3. The number of aromatic nitrogens is 1. The molecule has 88 valence electrons. The number of ketones is 1. The van der Waals surface area contributed by atoms with E-state index in [1.54, 1.807) is 19.2 Å². The van der Waals surface area contributed by atoms with Crippen LogP contribution in [-0.2, 0) is 9.59 Å². The molecular formula is C11H10N2O3S. The molecule has 0 spiro atoms. The van der Waals surface area contributed by atoms with E-state index in [1.807, 2.05) is 0 Å². The number of hydrogen-bond acceptors (Lipinski definition) is 5. The molecule has 2 amide bonds. The Labute approximate surface area is 102 Å². The van der Waals surface area contributed by atoms with E-state index in [4.69, 9.17) is 0 Å². The van der Waals surface area contributed by atoms with E-state index in [2.05, 4.69) is 4.98 Å². The Kier molecular flexibility index (Phi) is 2.66. The van der Waals surface area contributed by atoms with Crippen LogP contribution >= 0.6 is 11.3 Å². The van der Waals surface area contributed by atoms with Gasteiger partial charge in [0.2, 0.25) is 0 Å². The molecule has 6 heteroatoms. The van der Waals surface area contributed by atoms with Crippen molar-refractivity contribution < 1.29 is 14.4 Å². The molecule has 5 nitrogen and oxygen atoms in total. The molecule has 0 saturated heterocycles. The lowest BCUT2D eigenvalue weighted by molar-refractivity contribution is -0.120. The predicted molar refractivity (Wildman–Crippen MR) is 63.0 cm³/mol. The van der Waals surface area contributed by atoms with Gasteiger partial charge in [0.25, 0.3) is 11.8 Å². The van der Waals surface area contributed by atoms with Crippen LogP contribution in [0.2, 0.25) is 0 Å². The molecule has 1 aromatic rings. The second-order valence-electron chi connectivity index (χ2n) is 3.77. The van der Waals surface area contributed by atoms with Crippen molar-refractivity contribution >= 4 is 34.1 Å². The molecule has 0 bridgehead atoms. The van der Waals surface area contributed by atoms with E-state index < -0.39 is 0 Å². The lowest BCUT2D eigenvalue weighted by Gasteiger charge is -2.09. The Morgan fingerprint density at radius 2 is 1.76 bits per heavy atom. The minimum Gasteiger partial charge on any atom is -0.293 e. The first-order valence-corrected chi connectivity index (χ1v) is 5.84. The Morgan fingerprint density at radius 1 is 1.24 bits per heavy atom. The van der Waals surface area contributed by atoms with Crippen molar-refractivity contribution in [2.75, 3.05) is 4.90 Å². The number of imide groups is 1. The van der Waals surface area contributed by atoms with Gasteiger partial charge in [-0.3, -0.25) is 14.4 Å². The average Bonchev–Trinajstić information content (AvgIpc) is 2.81. The van der Waals surface area contributed by atoms with Crippen molar-refractivity contribution in [3.05, 3.63) is 22.2 Å². The maximum atomic E-state index is 11.8. The Hall–Kier alpha value is -1.82. The molecule has 0 saturated carbocycles. The highest BCUT2D eigenvalue weighted by Crippen LogP contribution is 2.29. The van der Waals surface area contributed by atoms with Gasteiger partial charge in [-0.2, -0.15) is 0 Å². The number of carbonyl (C=O) groups is 3. The summed E-state index contributed by atoms with van der Waals surface area (Å²) in [5.41, 5.74) is 1.12. The topological polar surface area (TPSA) is 67.3 Å². The number of Topliss-reactive ketones (excluding diaryl/α,β-unsaturated/α-hetero) is 1. The number of amides is 2. The Balaban J connectivity index is 2.40. The Bertz CT molecular complexity index is 547. The highest BCUT2D eigenvalue weighted by molar-refractivity contribution is 7.14. The van der Waals surface area contributed by atoms with E-state index in [0.29, 0.717) is 11.1 Å². The van der Waals surface area contributed by atoms with Crippen LogP contribution in [0.3, 0.4) is 0 Å². The normalized spacial score (nSPS) is 16.1. The summed E-state index contributed by atoms with van der Waals surface area (Å²) in [6.45, 7) is 4.60. The fourth-order valence-electron chi connectivity index (χ4n) is 1.45. The summed E-state index contributed by atoms with van der Waals surface area (Å²) in [6, 6.07) is 0. The largest absolute Gasteiger partial charge is 0.293 e. The molecule has 0 N–H and O–H groups in total. The fourth-order valence-corrected chi connectivity index (χ4v) is 2.31. The lowest BCUT2D eigenvalue weighted by atomic mass is 10.2. The third-order valence-electron chi connectivity index (χ3n) is 2.65. The summed E-state index contributed by atoms with van der Waals surface area (Å²) >= 11 is 1.11. The minimum atomic E-state index is -0.364. The van der Waals surface area contributed by atoms with Gasteiger partial charge in [-0.1, -0.05) is 0 Å². The van der Waals surface area contributed by atoms with Gasteiger partial charge in [0, 0.05) is 23.5 Å². The number of carbonyl (C=O) groups excluding carboxylic acids is 3. The van der Waals surface area contributed by atoms with Gasteiger partial charge in [-0.05, 0) is 13.8 Å². The van der Waals surface area contributed by atoms with Gasteiger partial charge in [-0.25, -0.2) is 9.88 Å².